The van der Waals surface area contributed by atoms with Gasteiger partial charge in [-0.15, -0.1) is 0 Å². The normalized spacial score (nSPS) is 17.8. The summed E-state index contributed by atoms with van der Waals surface area (Å²) in [6.45, 7) is 1.62. The molecule has 0 spiro atoms. The number of carbonyl (C=O) groups is 1. The first kappa shape index (κ1) is 19.4. The van der Waals surface area contributed by atoms with Crippen LogP contribution in [0.4, 0.5) is 0 Å². The lowest BCUT2D eigenvalue weighted by molar-refractivity contribution is -0.131. The highest BCUT2D eigenvalue weighted by Crippen LogP contribution is 2.41. The lowest BCUT2D eigenvalue weighted by Gasteiger charge is -2.30. The van der Waals surface area contributed by atoms with Crippen LogP contribution in [0.3, 0.4) is 0 Å². The molecule has 1 aliphatic heterocycles. The number of hydrogen-bond acceptors (Lipinski definition) is 4. The lowest BCUT2D eigenvalue weighted by Crippen LogP contribution is -2.38. The number of likely N-dealkylation sites (tertiary alicyclic amines) is 1. The van der Waals surface area contributed by atoms with Crippen molar-refractivity contribution in [1.29, 1.82) is 0 Å². The Morgan fingerprint density at radius 1 is 0.967 bits per heavy atom. The lowest BCUT2D eigenvalue weighted by atomic mass is 10.1. The molecule has 0 bridgehead atoms. The van der Waals surface area contributed by atoms with E-state index >= 15 is 0 Å². The van der Waals surface area contributed by atoms with Crippen LogP contribution in [-0.4, -0.2) is 33.4 Å². The number of aromatic nitrogens is 2. The predicted octanol–water partition coefficient (Wildman–Crippen LogP) is 4.58. The van der Waals surface area contributed by atoms with Crippen molar-refractivity contribution in [3.05, 3.63) is 70.5 Å². The Morgan fingerprint density at radius 3 is 2.40 bits per heavy atom. The minimum absolute atomic E-state index is 0.00262. The van der Waals surface area contributed by atoms with Gasteiger partial charge in [-0.1, -0.05) is 54.2 Å². The van der Waals surface area contributed by atoms with Gasteiger partial charge in [0.1, 0.15) is 5.25 Å². The number of thioether (sulfide) groups is 1. The summed E-state index contributed by atoms with van der Waals surface area (Å²) < 4.78 is 1.83. The third-order valence-electron chi connectivity index (χ3n) is 5.91. The van der Waals surface area contributed by atoms with E-state index in [0.717, 1.165) is 44.3 Å². The second-order valence-corrected chi connectivity index (χ2v) is 9.18. The highest BCUT2D eigenvalue weighted by molar-refractivity contribution is 8.00. The first-order valence-electron chi connectivity index (χ1n) is 10.7. The van der Waals surface area contributed by atoms with Gasteiger partial charge < -0.3 is 4.90 Å². The summed E-state index contributed by atoms with van der Waals surface area (Å²) in [5.74, 6) is 0.121. The number of nitrogens with zero attached hydrogens (tertiary/aromatic N) is 3. The average Bonchev–Trinajstić information content (AvgIpc) is 3.63. The molecule has 5 rings (SSSR count). The molecule has 30 heavy (non-hydrogen) atoms. The summed E-state index contributed by atoms with van der Waals surface area (Å²) in [4.78, 5) is 33.6. The molecule has 0 N–H and O–H groups in total. The Hall–Kier alpha value is -2.60. The second kappa shape index (κ2) is 8.26. The Morgan fingerprint density at radius 2 is 1.67 bits per heavy atom. The van der Waals surface area contributed by atoms with Gasteiger partial charge in [0, 0.05) is 19.1 Å². The van der Waals surface area contributed by atoms with Crippen molar-refractivity contribution < 1.29 is 4.79 Å². The van der Waals surface area contributed by atoms with E-state index in [0.29, 0.717) is 16.1 Å². The molecule has 1 aromatic heterocycles. The molecule has 2 fully saturated rings. The van der Waals surface area contributed by atoms with Crippen molar-refractivity contribution >= 4 is 28.6 Å². The third-order valence-corrected chi connectivity index (χ3v) is 7.11. The van der Waals surface area contributed by atoms with Crippen molar-refractivity contribution in [2.75, 3.05) is 13.1 Å². The number of amides is 1. The van der Waals surface area contributed by atoms with E-state index in [1.807, 2.05) is 64.1 Å². The van der Waals surface area contributed by atoms with Gasteiger partial charge in [0.05, 0.1) is 10.9 Å². The van der Waals surface area contributed by atoms with Crippen LogP contribution in [0.25, 0.3) is 10.9 Å². The zero-order valence-corrected chi connectivity index (χ0v) is 17.7. The SMILES string of the molecule is O=C([C@H](Sc1nc2ccccc2c(=O)n1C1CC1)c1ccccc1)N1CCCCC1. The van der Waals surface area contributed by atoms with E-state index in [2.05, 4.69) is 0 Å². The van der Waals surface area contributed by atoms with Crippen LogP contribution < -0.4 is 5.56 Å². The quantitative estimate of drug-likeness (QED) is 0.449. The maximum absolute atomic E-state index is 13.5. The van der Waals surface area contributed by atoms with E-state index in [1.165, 1.54) is 18.2 Å². The summed E-state index contributed by atoms with van der Waals surface area (Å²) >= 11 is 1.43. The number of rotatable bonds is 5. The average molecular weight is 420 g/mol. The van der Waals surface area contributed by atoms with Crippen LogP contribution in [0.5, 0.6) is 0 Å². The molecule has 2 heterocycles. The molecule has 0 radical (unpaired) electrons. The smallest absolute Gasteiger partial charge is 0.262 e. The summed E-state index contributed by atoms with van der Waals surface area (Å²) in [6.07, 6.45) is 5.27. The molecule has 1 aliphatic carbocycles. The zero-order chi connectivity index (χ0) is 20.5. The van der Waals surface area contributed by atoms with Crippen LogP contribution in [0.15, 0.2) is 64.5 Å². The number of hydrogen-bond donors (Lipinski definition) is 0. The fourth-order valence-electron chi connectivity index (χ4n) is 4.14. The molecular formula is C24H25N3O2S. The highest BCUT2D eigenvalue weighted by Gasteiger charge is 2.33. The minimum atomic E-state index is -0.401. The van der Waals surface area contributed by atoms with Crippen molar-refractivity contribution in [2.45, 2.75) is 48.6 Å². The van der Waals surface area contributed by atoms with Crippen molar-refractivity contribution in [3.8, 4) is 0 Å². The monoisotopic (exact) mass is 419 g/mol. The molecule has 1 saturated heterocycles. The molecule has 2 aliphatic rings. The van der Waals surface area contributed by atoms with E-state index in [4.69, 9.17) is 4.98 Å². The zero-order valence-electron chi connectivity index (χ0n) is 16.9. The van der Waals surface area contributed by atoms with Gasteiger partial charge in [-0.05, 0) is 49.8 Å². The van der Waals surface area contributed by atoms with E-state index in [1.54, 1.807) is 0 Å². The maximum Gasteiger partial charge on any atom is 0.262 e. The first-order valence-corrected chi connectivity index (χ1v) is 11.6. The Balaban J connectivity index is 1.58. The Bertz CT molecular complexity index is 1120. The first-order chi connectivity index (χ1) is 14.7. The summed E-state index contributed by atoms with van der Waals surface area (Å²) in [5.41, 5.74) is 1.66. The van der Waals surface area contributed by atoms with Gasteiger partial charge in [0.15, 0.2) is 5.16 Å². The van der Waals surface area contributed by atoms with Gasteiger partial charge in [-0.3, -0.25) is 14.2 Å². The summed E-state index contributed by atoms with van der Waals surface area (Å²) in [6, 6.07) is 17.6. The molecule has 154 valence electrons. The number of carbonyl (C=O) groups excluding carboxylic acids is 1. The molecular weight excluding hydrogens is 394 g/mol. The second-order valence-electron chi connectivity index (χ2n) is 8.11. The van der Waals surface area contributed by atoms with E-state index in [9.17, 15) is 9.59 Å². The van der Waals surface area contributed by atoms with Crippen LogP contribution in [0.1, 0.15) is 49.0 Å². The molecule has 1 amide bonds. The number of piperidine rings is 1. The maximum atomic E-state index is 13.5. The molecule has 5 nitrogen and oxygen atoms in total. The van der Waals surface area contributed by atoms with Crippen LogP contribution in [0.2, 0.25) is 0 Å². The third kappa shape index (κ3) is 3.76. The number of benzene rings is 2. The molecule has 1 saturated carbocycles. The molecule has 6 heteroatoms. The van der Waals surface area contributed by atoms with Gasteiger partial charge >= 0.3 is 0 Å². The fraction of sp³-hybridized carbons (Fsp3) is 0.375. The molecule has 0 unspecified atom stereocenters. The van der Waals surface area contributed by atoms with E-state index in [-0.39, 0.29) is 17.5 Å². The largest absolute Gasteiger partial charge is 0.341 e. The predicted molar refractivity (Wildman–Crippen MR) is 120 cm³/mol. The van der Waals surface area contributed by atoms with E-state index < -0.39 is 5.25 Å². The standard InChI is InChI=1S/C24H25N3O2S/c28-22-19-11-5-6-12-20(19)25-24(27(22)18-13-14-18)30-21(17-9-3-1-4-10-17)23(29)26-15-7-2-8-16-26/h1,3-6,9-12,18,21H,2,7-8,13-16H2/t21-/m1/s1. The van der Waals surface area contributed by atoms with Gasteiger partial charge in [-0.25, -0.2) is 4.98 Å². The Labute approximate surface area is 180 Å². The topological polar surface area (TPSA) is 55.2 Å². The molecule has 2 aromatic carbocycles. The molecule has 1 atom stereocenters. The summed E-state index contributed by atoms with van der Waals surface area (Å²) in [7, 11) is 0. The highest BCUT2D eigenvalue weighted by atomic mass is 32.2. The Kier molecular flexibility index (Phi) is 5.34. The van der Waals surface area contributed by atoms with Gasteiger partial charge in [-0.2, -0.15) is 0 Å². The van der Waals surface area contributed by atoms with Crippen LogP contribution in [0, 0.1) is 0 Å². The van der Waals surface area contributed by atoms with Gasteiger partial charge in [0.25, 0.3) is 5.56 Å². The van der Waals surface area contributed by atoms with Crippen LogP contribution >= 0.6 is 11.8 Å². The van der Waals surface area contributed by atoms with Crippen molar-refractivity contribution in [2.24, 2.45) is 0 Å². The number of para-hydroxylation sites is 1. The van der Waals surface area contributed by atoms with Gasteiger partial charge in [0.2, 0.25) is 5.91 Å². The number of fused-ring (bicyclic) bond motifs is 1. The van der Waals surface area contributed by atoms with Crippen molar-refractivity contribution in [1.82, 2.24) is 14.5 Å². The summed E-state index contributed by atoms with van der Waals surface area (Å²) in [5, 5.41) is 0.898. The fourth-order valence-corrected chi connectivity index (χ4v) is 5.39. The van der Waals surface area contributed by atoms with Crippen molar-refractivity contribution in [3.63, 3.8) is 0 Å². The minimum Gasteiger partial charge on any atom is -0.341 e. The molecule has 3 aromatic rings. The van der Waals surface area contributed by atoms with Crippen LogP contribution in [-0.2, 0) is 4.79 Å².